The molecule has 0 aliphatic heterocycles. The molecule has 0 saturated carbocycles. The molecule has 0 radical (unpaired) electrons. The van der Waals surface area contributed by atoms with Gasteiger partial charge in [0.25, 0.3) is 0 Å². The van der Waals surface area contributed by atoms with E-state index in [-0.39, 0.29) is 11.6 Å². The highest BCUT2D eigenvalue weighted by Crippen LogP contribution is 2.31. The van der Waals surface area contributed by atoms with Gasteiger partial charge in [0.15, 0.2) is 0 Å². The van der Waals surface area contributed by atoms with E-state index >= 15 is 0 Å². The fraction of sp³-hybridized carbons (Fsp3) is 0.208. The summed E-state index contributed by atoms with van der Waals surface area (Å²) in [6.45, 7) is 4.90. The van der Waals surface area contributed by atoms with E-state index in [1.165, 1.54) is 18.2 Å². The van der Waals surface area contributed by atoms with Crippen molar-refractivity contribution in [2.24, 2.45) is 0 Å². The van der Waals surface area contributed by atoms with Crippen LogP contribution in [0.5, 0.6) is 5.88 Å². The maximum Gasteiger partial charge on any atom is 0.238 e. The second-order valence-corrected chi connectivity index (χ2v) is 7.13. The number of pyridine rings is 1. The van der Waals surface area contributed by atoms with Gasteiger partial charge in [-0.05, 0) is 49.2 Å². The van der Waals surface area contributed by atoms with Crippen LogP contribution < -0.4 is 4.74 Å². The first kappa shape index (κ1) is 19.1. The van der Waals surface area contributed by atoms with Crippen molar-refractivity contribution < 1.29 is 13.5 Å². The molecule has 4 rings (SSSR count). The van der Waals surface area contributed by atoms with Gasteiger partial charge in [0.2, 0.25) is 5.88 Å². The Morgan fingerprint density at radius 3 is 2.48 bits per heavy atom. The number of rotatable bonds is 6. The lowest BCUT2D eigenvalue weighted by Gasteiger charge is -2.12. The summed E-state index contributed by atoms with van der Waals surface area (Å²) in [5.74, 6) is 0.0456. The molecule has 0 spiro atoms. The van der Waals surface area contributed by atoms with Crippen LogP contribution in [0.1, 0.15) is 22.4 Å². The minimum atomic E-state index is -0.252. The molecule has 0 saturated heterocycles. The van der Waals surface area contributed by atoms with Crippen LogP contribution in [0, 0.1) is 25.5 Å². The van der Waals surface area contributed by atoms with Crippen molar-refractivity contribution in [1.29, 1.82) is 0 Å². The standard InChI is InChI=1S/C24H22F2N2O/c1-16-17(2)28(15-19-5-3-4-6-22(19)26)23-21(16)11-13-27-24(23)29-14-12-18-7-9-20(25)10-8-18/h3-11,13H,12,14-15H2,1-2H3. The summed E-state index contributed by atoms with van der Waals surface area (Å²) in [4.78, 5) is 4.43. The van der Waals surface area contributed by atoms with E-state index in [0.29, 0.717) is 31.0 Å². The molecule has 0 N–H and O–H groups in total. The lowest BCUT2D eigenvalue weighted by Crippen LogP contribution is -2.07. The number of fused-ring (bicyclic) bond motifs is 1. The minimum Gasteiger partial charge on any atom is -0.476 e. The van der Waals surface area contributed by atoms with Crippen LogP contribution in [0.4, 0.5) is 8.78 Å². The van der Waals surface area contributed by atoms with Crippen LogP contribution in [-0.2, 0) is 13.0 Å². The second kappa shape index (κ2) is 8.03. The Kier molecular flexibility index (Phi) is 5.30. The highest BCUT2D eigenvalue weighted by Gasteiger charge is 2.17. The van der Waals surface area contributed by atoms with Crippen molar-refractivity contribution in [3.63, 3.8) is 0 Å². The van der Waals surface area contributed by atoms with Gasteiger partial charge in [-0.2, -0.15) is 0 Å². The summed E-state index contributed by atoms with van der Waals surface area (Å²) in [5, 5.41) is 1.05. The van der Waals surface area contributed by atoms with E-state index in [9.17, 15) is 8.78 Å². The molecule has 4 aromatic rings. The van der Waals surface area contributed by atoms with Gasteiger partial charge in [0.05, 0.1) is 13.2 Å². The third kappa shape index (κ3) is 3.86. The molecule has 29 heavy (non-hydrogen) atoms. The smallest absolute Gasteiger partial charge is 0.238 e. The zero-order chi connectivity index (χ0) is 20.4. The molecular formula is C24H22F2N2O. The molecule has 0 fully saturated rings. The van der Waals surface area contributed by atoms with Crippen LogP contribution in [0.15, 0.2) is 60.8 Å². The molecule has 0 aliphatic rings. The van der Waals surface area contributed by atoms with Gasteiger partial charge in [-0.1, -0.05) is 30.3 Å². The van der Waals surface area contributed by atoms with Crippen LogP contribution in [0.3, 0.4) is 0 Å². The van der Waals surface area contributed by atoms with Crippen molar-refractivity contribution >= 4 is 10.9 Å². The highest BCUT2D eigenvalue weighted by atomic mass is 19.1. The average molecular weight is 392 g/mol. The molecule has 148 valence electrons. The van der Waals surface area contributed by atoms with E-state index in [0.717, 1.165) is 27.7 Å². The van der Waals surface area contributed by atoms with E-state index in [1.54, 1.807) is 30.5 Å². The van der Waals surface area contributed by atoms with E-state index in [4.69, 9.17) is 4.74 Å². The van der Waals surface area contributed by atoms with Crippen molar-refractivity contribution in [3.05, 3.63) is 94.8 Å². The van der Waals surface area contributed by atoms with Gasteiger partial charge in [-0.15, -0.1) is 0 Å². The zero-order valence-corrected chi connectivity index (χ0v) is 16.5. The average Bonchev–Trinajstić information content (AvgIpc) is 2.97. The number of halogens is 2. The normalized spacial score (nSPS) is 11.2. The number of hydrogen-bond acceptors (Lipinski definition) is 2. The second-order valence-electron chi connectivity index (χ2n) is 7.13. The van der Waals surface area contributed by atoms with E-state index < -0.39 is 0 Å². The Bertz CT molecular complexity index is 1150. The van der Waals surface area contributed by atoms with Gasteiger partial charge >= 0.3 is 0 Å². The van der Waals surface area contributed by atoms with Crippen LogP contribution in [0.2, 0.25) is 0 Å². The molecule has 0 aliphatic carbocycles. The summed E-state index contributed by atoms with van der Waals surface area (Å²) < 4.78 is 35.4. The summed E-state index contributed by atoms with van der Waals surface area (Å²) in [5.41, 5.74) is 4.66. The van der Waals surface area contributed by atoms with Gasteiger partial charge in [0.1, 0.15) is 17.2 Å². The number of hydrogen-bond donors (Lipinski definition) is 0. The van der Waals surface area contributed by atoms with Crippen LogP contribution >= 0.6 is 0 Å². The Morgan fingerprint density at radius 2 is 1.72 bits per heavy atom. The SMILES string of the molecule is Cc1c(C)n(Cc2ccccc2F)c2c(OCCc3ccc(F)cc3)nccc12. The Hall–Kier alpha value is -3.21. The van der Waals surface area contributed by atoms with Gasteiger partial charge in [-0.25, -0.2) is 13.8 Å². The molecule has 0 atom stereocenters. The fourth-order valence-corrected chi connectivity index (χ4v) is 3.58. The zero-order valence-electron chi connectivity index (χ0n) is 16.5. The fourth-order valence-electron chi connectivity index (χ4n) is 3.58. The van der Waals surface area contributed by atoms with Crippen LogP contribution in [0.25, 0.3) is 10.9 Å². The molecule has 2 aromatic carbocycles. The number of aromatic nitrogens is 2. The first-order valence-corrected chi connectivity index (χ1v) is 9.59. The summed E-state index contributed by atoms with van der Waals surface area (Å²) in [7, 11) is 0. The first-order chi connectivity index (χ1) is 14.0. The van der Waals surface area contributed by atoms with E-state index in [2.05, 4.69) is 16.5 Å². The molecule has 0 amide bonds. The van der Waals surface area contributed by atoms with Crippen molar-refractivity contribution in [1.82, 2.24) is 9.55 Å². The van der Waals surface area contributed by atoms with Gasteiger partial charge in [0, 0.05) is 29.3 Å². The Morgan fingerprint density at radius 1 is 0.966 bits per heavy atom. The first-order valence-electron chi connectivity index (χ1n) is 9.59. The summed E-state index contributed by atoms with van der Waals surface area (Å²) >= 11 is 0. The third-order valence-electron chi connectivity index (χ3n) is 5.34. The van der Waals surface area contributed by atoms with E-state index in [1.807, 2.05) is 19.1 Å². The van der Waals surface area contributed by atoms with Crippen molar-refractivity contribution in [3.8, 4) is 5.88 Å². The predicted molar refractivity (Wildman–Crippen MR) is 110 cm³/mol. The summed E-state index contributed by atoms with van der Waals surface area (Å²) in [6.07, 6.45) is 2.37. The number of benzene rings is 2. The highest BCUT2D eigenvalue weighted by molar-refractivity contribution is 5.89. The molecule has 2 aromatic heterocycles. The Balaban J connectivity index is 1.65. The predicted octanol–water partition coefficient (Wildman–Crippen LogP) is 5.60. The molecule has 0 bridgehead atoms. The largest absolute Gasteiger partial charge is 0.476 e. The monoisotopic (exact) mass is 392 g/mol. The molecule has 0 unspecified atom stereocenters. The van der Waals surface area contributed by atoms with Crippen molar-refractivity contribution in [2.45, 2.75) is 26.8 Å². The van der Waals surface area contributed by atoms with Gasteiger partial charge < -0.3 is 9.30 Å². The van der Waals surface area contributed by atoms with Gasteiger partial charge in [-0.3, -0.25) is 0 Å². The molecule has 5 heteroatoms. The lowest BCUT2D eigenvalue weighted by atomic mass is 10.1. The minimum absolute atomic E-state index is 0.228. The number of nitrogens with zero attached hydrogens (tertiary/aromatic N) is 2. The quantitative estimate of drug-likeness (QED) is 0.427. The topological polar surface area (TPSA) is 27.1 Å². The third-order valence-corrected chi connectivity index (χ3v) is 5.34. The molecule has 2 heterocycles. The lowest BCUT2D eigenvalue weighted by molar-refractivity contribution is 0.312. The molecule has 3 nitrogen and oxygen atoms in total. The number of ether oxygens (including phenoxy) is 1. The molecular weight excluding hydrogens is 370 g/mol. The van der Waals surface area contributed by atoms with Crippen molar-refractivity contribution in [2.75, 3.05) is 6.61 Å². The maximum absolute atomic E-state index is 14.2. The van der Waals surface area contributed by atoms with Crippen LogP contribution in [-0.4, -0.2) is 16.2 Å². The summed E-state index contributed by atoms with van der Waals surface area (Å²) in [6, 6.07) is 15.1. The Labute approximate surface area is 168 Å². The maximum atomic E-state index is 14.2. The number of aryl methyl sites for hydroxylation is 1.